The van der Waals surface area contributed by atoms with Crippen molar-refractivity contribution in [2.75, 3.05) is 19.8 Å². The summed E-state index contributed by atoms with van der Waals surface area (Å²) in [5.74, 6) is -0.992. The number of rotatable bonds is 22. The molecule has 0 amide bonds. The Bertz CT molecular complexity index is 7350. The summed E-state index contributed by atoms with van der Waals surface area (Å²) in [6, 6.07) is 6.64. The molecular weight excluding hydrogens is 1980 g/mol. The van der Waals surface area contributed by atoms with Crippen LogP contribution >= 0.6 is 35.7 Å². The average Bonchev–Trinajstić information content (AvgIpc) is 1.54. The molecule has 135 heavy (non-hydrogen) atoms. The number of hydrogen-bond acceptors (Lipinski definition) is 12. The molecule has 0 atom stereocenters. The zero-order valence-electron chi connectivity index (χ0n) is 84.0. The van der Waals surface area contributed by atoms with Gasteiger partial charge in [-0.25, -0.2) is 14.8 Å². The average molecular weight is 2110 g/mol. The van der Waals surface area contributed by atoms with Crippen LogP contribution in [0.3, 0.4) is 0 Å². The molecule has 0 saturated heterocycles. The van der Waals surface area contributed by atoms with Crippen molar-refractivity contribution in [3.63, 3.8) is 0 Å². The predicted molar refractivity (Wildman–Crippen MR) is 571 cm³/mol. The first-order valence-electron chi connectivity index (χ1n) is 48.8. The van der Waals surface area contributed by atoms with Crippen molar-refractivity contribution in [3.05, 3.63) is 243 Å². The summed E-state index contributed by atoms with van der Waals surface area (Å²) in [7, 11) is 32.4. The number of allylic oxidation sites excluding steroid dienone is 15. The van der Waals surface area contributed by atoms with Crippen LogP contribution in [0.2, 0.25) is 0 Å². The number of aromatic nitrogens is 8. The Balaban J connectivity index is 0.000000154. The Morgan fingerprint density at radius 3 is 1.24 bits per heavy atom. The molecule has 10 aliphatic rings. The molecule has 0 aromatic carbocycles. The minimum absolute atomic E-state index is 0.219. The van der Waals surface area contributed by atoms with E-state index in [-0.39, 0.29) is 18.4 Å². The standard InChI is InChI=1S/2C37H44N4O2.C37H43N4O2.4ClH.2Sn/c3*1-10-24-21(7)30-18-34-26(12-3)23(9)36(41-34)28(15-16-35(42)43-14-5)37-27(13-4)22(8)31(40-37)19-33-25(11-2)20(6)29(38-33)17-32(24)39-30;;;;;;/h17-19H,10-16H2,1-9H3;15-19,38-39H,10-14H2,1-9H3;15-19H,10-14H2,1-9H3,(H-,38,39,40,41,42);4*1H;;/q-2;;-1;;;;;2*+4/p-5/b;16-15+,29-17?,30-18?,31-19?,32-17?,33-19?,34-18?,36-28?,37-28?;;;;;;;. The fourth-order valence-corrected chi connectivity index (χ4v) is 44.7. The summed E-state index contributed by atoms with van der Waals surface area (Å²) in [4.78, 5) is 77.4. The summed E-state index contributed by atoms with van der Waals surface area (Å²) in [5.41, 5.74) is 50.6. The van der Waals surface area contributed by atoms with Crippen LogP contribution in [0.15, 0.2) is 124 Å². The number of H-pyrrole nitrogens is 2. The molecule has 0 aliphatic carbocycles. The minimum atomic E-state index is -4.75. The van der Waals surface area contributed by atoms with Crippen LogP contribution in [0.4, 0.5) is 0 Å². The fourth-order valence-electron chi connectivity index (χ4n) is 22.2. The first-order chi connectivity index (χ1) is 64.5. The molecule has 7 aromatic heterocycles. The first-order valence-corrected chi connectivity index (χ1v) is 68.3. The quantitative estimate of drug-likeness (QED) is 0.0288. The number of aliphatic imine (C=N–C) groups is 4. The Labute approximate surface area is 820 Å². The Morgan fingerprint density at radius 2 is 0.770 bits per heavy atom. The molecular formula is C111H130Cl4N12O6Sn2. The van der Waals surface area contributed by atoms with Crippen LogP contribution in [-0.2, 0) is 67.1 Å². The number of carbonyl (C=O) groups is 3. The van der Waals surface area contributed by atoms with Crippen LogP contribution in [0.1, 0.15) is 315 Å². The monoisotopic (exact) mass is 2110 g/mol. The Hall–Kier alpha value is -9.55. The normalized spacial score (nSPS) is 16.6. The molecule has 24 heteroatoms. The number of fused-ring (bicyclic) bond motifs is 12. The van der Waals surface area contributed by atoms with Crippen molar-refractivity contribution in [2.24, 2.45) is 20.0 Å². The van der Waals surface area contributed by atoms with Gasteiger partial charge in [0.15, 0.2) is 0 Å². The maximum absolute atomic E-state index is 12.9. The van der Waals surface area contributed by atoms with Gasteiger partial charge in [-0.1, -0.05) is 27.7 Å². The van der Waals surface area contributed by atoms with Crippen LogP contribution in [0, 0.1) is 41.5 Å². The van der Waals surface area contributed by atoms with Gasteiger partial charge < -0.3 is 14.7 Å². The summed E-state index contributed by atoms with van der Waals surface area (Å²) < 4.78 is 25.1. The van der Waals surface area contributed by atoms with Gasteiger partial charge in [0.1, 0.15) is 0 Å². The molecule has 0 radical (unpaired) electrons. The summed E-state index contributed by atoms with van der Waals surface area (Å²) in [6.45, 7) is 58.7. The van der Waals surface area contributed by atoms with Gasteiger partial charge in [0.05, 0.1) is 29.4 Å². The predicted octanol–water partition coefficient (Wildman–Crippen LogP) is 24.5. The van der Waals surface area contributed by atoms with Gasteiger partial charge in [0, 0.05) is 33.7 Å². The Morgan fingerprint density at radius 1 is 0.356 bits per heavy atom. The van der Waals surface area contributed by atoms with E-state index in [1.807, 2.05) is 32.9 Å². The van der Waals surface area contributed by atoms with E-state index in [9.17, 15) is 14.4 Å². The molecule has 2 N–H and O–H groups in total. The number of nitrogens with one attached hydrogen (secondary N) is 2. The van der Waals surface area contributed by atoms with E-state index in [0.29, 0.717) is 26.2 Å². The molecule has 0 fully saturated rings. The second-order valence-electron chi connectivity index (χ2n) is 36.0. The number of aryl methyl sites for hydroxylation is 4. The fraction of sp³-hybridized carbons (Fsp3) is 0.396. The molecule has 17 heterocycles. The second-order valence-corrected chi connectivity index (χ2v) is 63.6. The van der Waals surface area contributed by atoms with Crippen molar-refractivity contribution in [2.45, 2.75) is 277 Å². The van der Waals surface area contributed by atoms with Crippen molar-refractivity contribution in [1.82, 2.24) is 31.1 Å². The number of aromatic amines is 2. The molecule has 0 saturated carbocycles. The Kier molecular flexibility index (Phi) is 29.7. The van der Waals surface area contributed by atoms with Gasteiger partial charge in [0.25, 0.3) is 0 Å². The molecule has 10 aliphatic heterocycles. The number of ether oxygens (including phenoxy) is 3. The maximum atomic E-state index is 12.9. The van der Waals surface area contributed by atoms with E-state index in [0.717, 1.165) is 273 Å². The van der Waals surface area contributed by atoms with E-state index < -0.39 is 39.3 Å². The van der Waals surface area contributed by atoms with Crippen LogP contribution in [-0.4, -0.2) is 125 Å². The topological polar surface area (TPSA) is 205 Å². The summed E-state index contributed by atoms with van der Waals surface area (Å²) in [5, 5.41) is 4.10. The number of hydrogen-bond donors (Lipinski definition) is 2. The molecule has 17 rings (SSSR count). The number of nitrogens with zero attached hydrogens (tertiary/aromatic N) is 10. The number of esters is 3. The first kappa shape index (κ1) is 99.9. The number of halogens is 4. The third-order valence-electron chi connectivity index (χ3n) is 29.1. The van der Waals surface area contributed by atoms with Gasteiger partial charge in [-0.3, -0.25) is 0 Å². The zero-order valence-corrected chi connectivity index (χ0v) is 92.7. The molecule has 0 unspecified atom stereocenters. The van der Waals surface area contributed by atoms with Gasteiger partial charge in [-0.05, 0) is 129 Å². The molecule has 706 valence electrons. The van der Waals surface area contributed by atoms with Crippen molar-refractivity contribution in [3.8, 4) is 0 Å². The zero-order chi connectivity index (χ0) is 97.5. The van der Waals surface area contributed by atoms with E-state index in [2.05, 4.69) is 242 Å². The van der Waals surface area contributed by atoms with Gasteiger partial charge in [0.2, 0.25) is 0 Å². The molecule has 7 aromatic rings. The summed E-state index contributed by atoms with van der Waals surface area (Å²) >= 11 is -9.46. The van der Waals surface area contributed by atoms with E-state index in [1.54, 1.807) is 0 Å². The second kappa shape index (κ2) is 40.1. The van der Waals surface area contributed by atoms with Gasteiger partial charge >= 0.3 is 578 Å². The van der Waals surface area contributed by atoms with E-state index in [4.69, 9.17) is 79.8 Å². The van der Waals surface area contributed by atoms with Crippen LogP contribution in [0.25, 0.3) is 98.0 Å². The van der Waals surface area contributed by atoms with Gasteiger partial charge in [-0.2, -0.15) is 0 Å². The van der Waals surface area contributed by atoms with E-state index in [1.165, 1.54) is 101 Å². The van der Waals surface area contributed by atoms with E-state index >= 15 is 0 Å². The molecule has 18 nitrogen and oxygen atoms in total. The van der Waals surface area contributed by atoms with Crippen molar-refractivity contribution < 1.29 is 28.6 Å². The van der Waals surface area contributed by atoms with Crippen LogP contribution < -0.4 is 21.4 Å². The van der Waals surface area contributed by atoms with Crippen LogP contribution in [0.5, 0.6) is 0 Å². The van der Waals surface area contributed by atoms with Gasteiger partial charge in [-0.15, -0.1) is 0 Å². The van der Waals surface area contributed by atoms with Crippen molar-refractivity contribution >= 4 is 208 Å². The third kappa shape index (κ3) is 17.1. The SMILES string of the molecule is CCOC(=O)/C=C/C1=C2N=C(C=c3c(CC)c(C)c4[n]3[Sn]([Cl])([Cl])[n]3c(c(CC)c(C)c31)C=C1N=C(C=4)C(CC)=C1C)C(C)=C2CC.CCOC(=O)/C=C/c1c2nc(cc3[nH]c(cc4[nH]c(cc5nc1C(CC)=C5C)c(CC)c4C)c(CC)c3C)C(CC)=C2C.CCOC(=O)CCC1=C2N=C(C=c3c(CC)c(C)c4[n]3[Sn]([Cl])([Cl])[n]3c(c(CC)c(C)c31)C=C1N=C(C=4)C(CC)=C1C)C(C)=C2CC. The molecule has 0 spiro atoms. The summed E-state index contributed by atoms with van der Waals surface area (Å²) in [6.07, 6.45) is 30.8. The third-order valence-corrected chi connectivity index (χ3v) is 49.8. The molecule has 20 bridgehead atoms. The number of carbonyl (C=O) groups excluding carboxylic acids is 3. The van der Waals surface area contributed by atoms with Crippen molar-refractivity contribution in [1.29, 1.82) is 0 Å².